The van der Waals surface area contributed by atoms with Crippen LogP contribution in [0.1, 0.15) is 0 Å². The van der Waals surface area contributed by atoms with Gasteiger partial charge in [-0.2, -0.15) is 0 Å². The monoisotopic (exact) mass is 663 g/mol. The fraction of sp³-hybridized carbons (Fsp3) is 0. The summed E-state index contributed by atoms with van der Waals surface area (Å²) < 4.78 is 4.78. The molecule has 0 N–H and O–H groups in total. The van der Waals surface area contributed by atoms with Gasteiger partial charge in [-0.1, -0.05) is 121 Å². The van der Waals surface area contributed by atoms with Gasteiger partial charge in [-0.05, 0) is 105 Å². The van der Waals surface area contributed by atoms with Gasteiger partial charge < -0.3 is 9.13 Å². The zero-order valence-electron chi connectivity index (χ0n) is 28.4. The van der Waals surface area contributed by atoms with E-state index in [1.54, 1.807) is 0 Å². The van der Waals surface area contributed by atoms with Crippen LogP contribution in [0.2, 0.25) is 0 Å². The van der Waals surface area contributed by atoms with Crippen LogP contribution in [0.15, 0.2) is 201 Å². The molecule has 3 heteroatoms. The van der Waals surface area contributed by atoms with Crippen LogP contribution in [0.4, 0.5) is 0 Å². The fourth-order valence-corrected chi connectivity index (χ4v) is 7.71. The van der Waals surface area contributed by atoms with Gasteiger partial charge in [0.15, 0.2) is 0 Å². The molecule has 10 aromatic rings. The third-order valence-electron chi connectivity index (χ3n) is 10.2. The van der Waals surface area contributed by atoms with Gasteiger partial charge in [0.25, 0.3) is 0 Å². The van der Waals surface area contributed by atoms with Crippen molar-refractivity contribution in [2.24, 2.45) is 0 Å². The SMILES string of the molecule is c1ccc(-c2cc(-c3ccccc3)cc(-n3c4ccc(-c5ccc(-c6cccnc6)cc5)cc4c4ccc5c(ccn5-c5ccccc5)c43)c2)cc1. The molecule has 10 rings (SSSR count). The minimum Gasteiger partial charge on any atom is -0.316 e. The number of benzene rings is 7. The summed E-state index contributed by atoms with van der Waals surface area (Å²) >= 11 is 0. The zero-order chi connectivity index (χ0) is 34.4. The molecule has 3 aromatic heterocycles. The Bertz CT molecular complexity index is 2790. The van der Waals surface area contributed by atoms with E-state index in [-0.39, 0.29) is 0 Å². The molecule has 0 aliphatic carbocycles. The fourth-order valence-electron chi connectivity index (χ4n) is 7.71. The molecule has 0 atom stereocenters. The van der Waals surface area contributed by atoms with Gasteiger partial charge in [-0.15, -0.1) is 0 Å². The van der Waals surface area contributed by atoms with E-state index in [9.17, 15) is 0 Å². The number of nitrogens with zero attached hydrogens (tertiary/aromatic N) is 3. The highest BCUT2D eigenvalue weighted by Gasteiger charge is 2.19. The highest BCUT2D eigenvalue weighted by Crippen LogP contribution is 2.41. The first-order valence-corrected chi connectivity index (χ1v) is 17.7. The van der Waals surface area contributed by atoms with Gasteiger partial charge in [-0.25, -0.2) is 0 Å². The van der Waals surface area contributed by atoms with Gasteiger partial charge in [0.1, 0.15) is 0 Å². The molecule has 3 nitrogen and oxygen atoms in total. The summed E-state index contributed by atoms with van der Waals surface area (Å²) in [4.78, 5) is 4.31. The Labute approximate surface area is 302 Å². The van der Waals surface area contributed by atoms with Gasteiger partial charge in [0.05, 0.1) is 16.6 Å². The summed E-state index contributed by atoms with van der Waals surface area (Å²) in [5, 5.41) is 3.67. The zero-order valence-corrected chi connectivity index (χ0v) is 28.4. The Balaban J connectivity index is 1.23. The number of aromatic nitrogens is 3. The van der Waals surface area contributed by atoms with Crippen LogP contribution in [0.25, 0.3) is 88.6 Å². The van der Waals surface area contributed by atoms with Crippen LogP contribution in [-0.4, -0.2) is 14.1 Å². The lowest BCUT2D eigenvalue weighted by Crippen LogP contribution is -1.97. The second kappa shape index (κ2) is 12.4. The van der Waals surface area contributed by atoms with Crippen LogP contribution in [0.5, 0.6) is 0 Å². The molecular formula is C49H33N3. The van der Waals surface area contributed by atoms with Gasteiger partial charge in [0, 0.05) is 46.1 Å². The van der Waals surface area contributed by atoms with Crippen LogP contribution in [-0.2, 0) is 0 Å². The van der Waals surface area contributed by atoms with Crippen molar-refractivity contribution < 1.29 is 0 Å². The second-order valence-electron chi connectivity index (χ2n) is 13.3. The molecule has 0 fully saturated rings. The number of rotatable bonds is 6. The smallest absolute Gasteiger partial charge is 0.0635 e. The molecule has 244 valence electrons. The molecule has 3 heterocycles. The van der Waals surface area contributed by atoms with Crippen molar-refractivity contribution in [3.05, 3.63) is 201 Å². The molecule has 0 aliphatic heterocycles. The van der Waals surface area contributed by atoms with E-state index in [1.807, 2.05) is 18.5 Å². The maximum absolute atomic E-state index is 4.31. The number of para-hydroxylation sites is 1. The third kappa shape index (κ3) is 5.10. The summed E-state index contributed by atoms with van der Waals surface area (Å²) in [7, 11) is 0. The Morgan fingerprint density at radius 2 is 0.923 bits per heavy atom. The molecule has 0 amide bonds. The second-order valence-corrected chi connectivity index (χ2v) is 13.3. The van der Waals surface area contributed by atoms with Crippen LogP contribution >= 0.6 is 0 Å². The Hall–Kier alpha value is -6.97. The van der Waals surface area contributed by atoms with Gasteiger partial charge in [0.2, 0.25) is 0 Å². The standard InChI is InChI=1S/C49H33N3/c1-4-11-34(12-5-1)40-29-41(35-13-6-2-7-14-35)31-43(30-40)52-48-24-22-38(36-18-20-37(21-19-36)39-15-10-27-50-33-39)32-46(48)44-23-25-47-45(49(44)52)26-28-51(47)42-16-8-3-9-17-42/h1-33H. The van der Waals surface area contributed by atoms with E-state index < -0.39 is 0 Å². The Kier molecular flexibility index (Phi) is 7.14. The number of pyridine rings is 1. The predicted molar refractivity (Wildman–Crippen MR) is 217 cm³/mol. The van der Waals surface area contributed by atoms with Crippen molar-refractivity contribution in [2.75, 3.05) is 0 Å². The van der Waals surface area contributed by atoms with Crippen LogP contribution in [0, 0.1) is 0 Å². The topological polar surface area (TPSA) is 22.8 Å². The van der Waals surface area contributed by atoms with Crippen molar-refractivity contribution in [2.45, 2.75) is 0 Å². The average molecular weight is 664 g/mol. The Morgan fingerprint density at radius 1 is 0.346 bits per heavy atom. The lowest BCUT2D eigenvalue weighted by atomic mass is 9.98. The summed E-state index contributed by atoms with van der Waals surface area (Å²) in [6.45, 7) is 0. The van der Waals surface area contributed by atoms with Crippen LogP contribution in [0.3, 0.4) is 0 Å². The molecular weight excluding hydrogens is 631 g/mol. The van der Waals surface area contributed by atoms with Gasteiger partial charge in [-0.3, -0.25) is 4.98 Å². The summed E-state index contributed by atoms with van der Waals surface area (Å²) in [6.07, 6.45) is 5.93. The summed E-state index contributed by atoms with van der Waals surface area (Å²) in [6, 6.07) is 65.7. The minimum atomic E-state index is 1.12. The summed E-state index contributed by atoms with van der Waals surface area (Å²) in [5.41, 5.74) is 15.2. The normalized spacial score (nSPS) is 11.5. The van der Waals surface area contributed by atoms with Crippen molar-refractivity contribution >= 4 is 32.7 Å². The molecule has 0 saturated carbocycles. The first kappa shape index (κ1) is 29.9. The first-order valence-electron chi connectivity index (χ1n) is 17.7. The molecule has 0 spiro atoms. The first-order chi connectivity index (χ1) is 25.8. The molecule has 0 unspecified atom stereocenters. The predicted octanol–water partition coefficient (Wildman–Crippen LogP) is 12.8. The van der Waals surface area contributed by atoms with E-state index in [0.717, 1.165) is 22.5 Å². The molecule has 52 heavy (non-hydrogen) atoms. The summed E-state index contributed by atoms with van der Waals surface area (Å²) in [5.74, 6) is 0. The molecule has 0 radical (unpaired) electrons. The average Bonchev–Trinajstić information content (AvgIpc) is 3.81. The molecule has 7 aromatic carbocycles. The molecule has 0 bridgehead atoms. The van der Waals surface area contributed by atoms with Gasteiger partial charge >= 0.3 is 0 Å². The Morgan fingerprint density at radius 3 is 1.58 bits per heavy atom. The van der Waals surface area contributed by atoms with E-state index >= 15 is 0 Å². The van der Waals surface area contributed by atoms with Crippen molar-refractivity contribution in [3.63, 3.8) is 0 Å². The number of hydrogen-bond donors (Lipinski definition) is 0. The van der Waals surface area contributed by atoms with E-state index in [1.165, 1.54) is 66.1 Å². The highest BCUT2D eigenvalue weighted by atomic mass is 15.0. The number of hydrogen-bond acceptors (Lipinski definition) is 1. The highest BCUT2D eigenvalue weighted by molar-refractivity contribution is 6.19. The lowest BCUT2D eigenvalue weighted by molar-refractivity contribution is 1.13. The quantitative estimate of drug-likeness (QED) is 0.174. The molecule has 0 saturated heterocycles. The molecule has 0 aliphatic rings. The van der Waals surface area contributed by atoms with Crippen molar-refractivity contribution in [3.8, 4) is 55.9 Å². The van der Waals surface area contributed by atoms with Crippen molar-refractivity contribution in [1.29, 1.82) is 0 Å². The van der Waals surface area contributed by atoms with Crippen LogP contribution < -0.4 is 0 Å². The lowest BCUT2D eigenvalue weighted by Gasteiger charge is -2.15. The number of fused-ring (bicyclic) bond motifs is 5. The van der Waals surface area contributed by atoms with E-state index in [4.69, 9.17) is 0 Å². The minimum absolute atomic E-state index is 1.12. The van der Waals surface area contributed by atoms with E-state index in [2.05, 4.69) is 196 Å². The largest absolute Gasteiger partial charge is 0.316 e. The van der Waals surface area contributed by atoms with Crippen molar-refractivity contribution in [1.82, 2.24) is 14.1 Å². The third-order valence-corrected chi connectivity index (χ3v) is 10.2. The van der Waals surface area contributed by atoms with E-state index in [0.29, 0.717) is 0 Å². The maximum atomic E-state index is 4.31. The maximum Gasteiger partial charge on any atom is 0.0635 e.